The lowest BCUT2D eigenvalue weighted by molar-refractivity contribution is 0.0113. The van der Waals surface area contributed by atoms with Gasteiger partial charge in [0.1, 0.15) is 29.3 Å². The molecule has 164 valence electrons. The Hall–Kier alpha value is -1.51. The third-order valence-corrected chi connectivity index (χ3v) is 6.09. The van der Waals surface area contributed by atoms with Crippen molar-refractivity contribution in [3.05, 3.63) is 29.8 Å². The number of alkyl halides is 1. The Morgan fingerprint density at radius 3 is 2.38 bits per heavy atom. The number of ether oxygens (including phenoxy) is 2. The van der Waals surface area contributed by atoms with Crippen molar-refractivity contribution in [2.75, 3.05) is 18.4 Å². The molecular weight excluding hydrogens is 418 g/mol. The van der Waals surface area contributed by atoms with E-state index in [-0.39, 0.29) is 6.61 Å². The lowest BCUT2D eigenvalue weighted by Crippen LogP contribution is -2.46. The summed E-state index contributed by atoms with van der Waals surface area (Å²) in [6, 6.07) is 7.05. The minimum atomic E-state index is -3.89. The zero-order chi connectivity index (χ0) is 21.8. The summed E-state index contributed by atoms with van der Waals surface area (Å²) in [5.41, 5.74) is 0.513. The Morgan fingerprint density at radius 2 is 1.86 bits per heavy atom. The minimum absolute atomic E-state index is 0.0722. The predicted octanol–water partition coefficient (Wildman–Crippen LogP) is 4.11. The number of benzene rings is 1. The molecular formula is C20H30ClNO6S. The summed E-state index contributed by atoms with van der Waals surface area (Å²) in [6.07, 6.45) is -0.938. The van der Waals surface area contributed by atoms with E-state index < -0.39 is 39.2 Å². The van der Waals surface area contributed by atoms with Gasteiger partial charge in [-0.2, -0.15) is 8.42 Å². The molecule has 0 N–H and O–H groups in total. The summed E-state index contributed by atoms with van der Waals surface area (Å²) in [5.74, 6) is 1.03. The number of nitrogens with zero attached hydrogens (tertiary/aromatic N) is 1. The average molecular weight is 448 g/mol. The van der Waals surface area contributed by atoms with Crippen molar-refractivity contribution in [2.45, 2.75) is 64.7 Å². The third kappa shape index (κ3) is 7.04. The maximum Gasteiger partial charge on any atom is 0.410 e. The Labute approximate surface area is 178 Å². The van der Waals surface area contributed by atoms with Crippen LogP contribution in [0, 0.1) is 0 Å². The largest absolute Gasteiger partial charge is 0.491 e. The van der Waals surface area contributed by atoms with Crippen LogP contribution in [0.4, 0.5) is 4.79 Å². The summed E-state index contributed by atoms with van der Waals surface area (Å²) in [4.78, 5) is 14.1. The first-order valence-electron chi connectivity index (χ1n) is 9.61. The highest BCUT2D eigenvalue weighted by Crippen LogP contribution is 2.27. The number of halogens is 1. The van der Waals surface area contributed by atoms with Crippen molar-refractivity contribution >= 4 is 27.8 Å². The van der Waals surface area contributed by atoms with Crippen LogP contribution >= 0.6 is 11.6 Å². The Bertz CT molecular complexity index is 788. The summed E-state index contributed by atoms with van der Waals surface area (Å²) in [6.45, 7) is 9.90. The molecule has 0 aliphatic carbocycles. The smallest absolute Gasteiger partial charge is 0.410 e. The molecule has 1 aromatic carbocycles. The third-order valence-electron chi connectivity index (χ3n) is 4.48. The Balaban J connectivity index is 2.14. The molecule has 1 amide bonds. The summed E-state index contributed by atoms with van der Waals surface area (Å²) in [7, 11) is -3.89. The van der Waals surface area contributed by atoms with Gasteiger partial charge in [-0.1, -0.05) is 26.0 Å². The summed E-state index contributed by atoms with van der Waals surface area (Å²) < 4.78 is 40.2. The lowest BCUT2D eigenvalue weighted by atomic mass is 10.0. The number of hydrogen-bond donors (Lipinski definition) is 0. The SMILES string of the molecule is CC(C)c1ccc(OC[C@@H]2[C@H](OS(=O)(=O)CCl)CCN2C(=O)OC(C)(C)C)cc1. The van der Waals surface area contributed by atoms with Gasteiger partial charge in [0.15, 0.2) is 0 Å². The molecule has 0 radical (unpaired) electrons. The minimum Gasteiger partial charge on any atom is -0.491 e. The van der Waals surface area contributed by atoms with Crippen LogP contribution in [0.3, 0.4) is 0 Å². The van der Waals surface area contributed by atoms with E-state index in [2.05, 4.69) is 13.8 Å². The van der Waals surface area contributed by atoms with Crippen LogP contribution in [0.2, 0.25) is 0 Å². The number of likely N-dealkylation sites (tertiary alicyclic amines) is 1. The highest BCUT2D eigenvalue weighted by Gasteiger charge is 2.42. The molecule has 0 saturated carbocycles. The number of hydrogen-bond acceptors (Lipinski definition) is 6. The van der Waals surface area contributed by atoms with Crippen LogP contribution < -0.4 is 4.74 Å². The fourth-order valence-electron chi connectivity index (χ4n) is 3.03. The number of carbonyl (C=O) groups is 1. The number of amides is 1. The summed E-state index contributed by atoms with van der Waals surface area (Å²) in [5, 5.41) is -0.653. The van der Waals surface area contributed by atoms with E-state index in [4.69, 9.17) is 25.3 Å². The monoisotopic (exact) mass is 447 g/mol. The molecule has 1 aliphatic heterocycles. The highest BCUT2D eigenvalue weighted by atomic mass is 35.5. The van der Waals surface area contributed by atoms with Crippen LogP contribution in [0.1, 0.15) is 52.5 Å². The van der Waals surface area contributed by atoms with Gasteiger partial charge in [0, 0.05) is 6.54 Å². The number of rotatable bonds is 7. The molecule has 0 aromatic heterocycles. The van der Waals surface area contributed by atoms with E-state index in [9.17, 15) is 13.2 Å². The van der Waals surface area contributed by atoms with Crippen LogP contribution in [-0.2, 0) is 19.0 Å². The zero-order valence-electron chi connectivity index (χ0n) is 17.6. The fourth-order valence-corrected chi connectivity index (χ4v) is 3.83. The van der Waals surface area contributed by atoms with Gasteiger partial charge in [0.2, 0.25) is 0 Å². The van der Waals surface area contributed by atoms with Gasteiger partial charge in [0.25, 0.3) is 10.1 Å². The standard InChI is InChI=1S/C20H30ClNO6S/c1-14(2)15-6-8-16(9-7-15)26-12-17-18(28-29(24,25)13-21)10-11-22(17)19(23)27-20(3,4)5/h6-9,14,17-18H,10-13H2,1-5H3/t17-,18-/m1/s1. The maximum atomic E-state index is 12.6. The number of carbonyl (C=O) groups excluding carboxylic acids is 1. The first kappa shape index (κ1) is 23.8. The molecule has 7 nitrogen and oxygen atoms in total. The molecule has 1 aromatic rings. The van der Waals surface area contributed by atoms with Crippen LogP contribution in [0.5, 0.6) is 5.75 Å². The molecule has 0 bridgehead atoms. The van der Waals surface area contributed by atoms with Gasteiger partial charge >= 0.3 is 6.09 Å². The van der Waals surface area contributed by atoms with Crippen molar-refractivity contribution in [3.63, 3.8) is 0 Å². The van der Waals surface area contributed by atoms with Gasteiger partial charge in [-0.25, -0.2) is 4.79 Å². The van der Waals surface area contributed by atoms with Crippen LogP contribution in [-0.4, -0.2) is 55.5 Å². The van der Waals surface area contributed by atoms with Crippen molar-refractivity contribution in [1.29, 1.82) is 0 Å². The van der Waals surface area contributed by atoms with Gasteiger partial charge < -0.3 is 9.47 Å². The second kappa shape index (κ2) is 9.53. The van der Waals surface area contributed by atoms with Crippen molar-refractivity contribution in [3.8, 4) is 5.75 Å². The quantitative estimate of drug-likeness (QED) is 0.462. The van der Waals surface area contributed by atoms with Crippen molar-refractivity contribution in [2.24, 2.45) is 0 Å². The van der Waals surface area contributed by atoms with Crippen molar-refractivity contribution in [1.82, 2.24) is 4.90 Å². The van der Waals surface area contributed by atoms with Gasteiger partial charge in [0.05, 0.1) is 6.04 Å². The second-order valence-corrected chi connectivity index (χ2v) is 10.5. The first-order chi connectivity index (χ1) is 13.4. The van der Waals surface area contributed by atoms with Crippen LogP contribution in [0.25, 0.3) is 0 Å². The molecule has 0 spiro atoms. The van der Waals surface area contributed by atoms with Crippen molar-refractivity contribution < 1.29 is 26.9 Å². The normalized spacial score (nSPS) is 20.2. The Morgan fingerprint density at radius 1 is 1.24 bits per heavy atom. The zero-order valence-corrected chi connectivity index (χ0v) is 19.1. The van der Waals surface area contributed by atoms with E-state index in [1.165, 1.54) is 10.5 Å². The molecule has 0 unspecified atom stereocenters. The maximum absolute atomic E-state index is 12.6. The molecule has 1 heterocycles. The van der Waals surface area contributed by atoms with E-state index in [1.54, 1.807) is 20.8 Å². The summed E-state index contributed by atoms with van der Waals surface area (Å²) >= 11 is 5.47. The van der Waals surface area contributed by atoms with E-state index in [0.29, 0.717) is 24.6 Å². The van der Waals surface area contributed by atoms with E-state index in [0.717, 1.165) is 0 Å². The molecule has 2 atom stereocenters. The lowest BCUT2D eigenvalue weighted by Gasteiger charge is -2.30. The van der Waals surface area contributed by atoms with Gasteiger partial charge in [-0.15, -0.1) is 11.6 Å². The fraction of sp³-hybridized carbons (Fsp3) is 0.650. The van der Waals surface area contributed by atoms with Crippen LogP contribution in [0.15, 0.2) is 24.3 Å². The molecule has 1 fully saturated rings. The van der Waals surface area contributed by atoms with E-state index >= 15 is 0 Å². The predicted molar refractivity (Wildman–Crippen MR) is 112 cm³/mol. The van der Waals surface area contributed by atoms with Gasteiger partial charge in [-0.3, -0.25) is 9.08 Å². The molecule has 2 rings (SSSR count). The average Bonchev–Trinajstić information content (AvgIpc) is 3.01. The topological polar surface area (TPSA) is 82.1 Å². The first-order valence-corrected chi connectivity index (χ1v) is 11.7. The molecule has 1 aliphatic rings. The Kier molecular flexibility index (Phi) is 7.81. The molecule has 9 heteroatoms. The molecule has 1 saturated heterocycles. The second-order valence-electron chi connectivity index (χ2n) is 8.37. The van der Waals surface area contributed by atoms with E-state index in [1.807, 2.05) is 24.3 Å². The van der Waals surface area contributed by atoms with Gasteiger partial charge in [-0.05, 0) is 50.8 Å². The molecule has 29 heavy (non-hydrogen) atoms. The highest BCUT2D eigenvalue weighted by molar-refractivity contribution is 7.87.